The molecule has 0 aromatic heterocycles. The van der Waals surface area contributed by atoms with E-state index in [4.69, 9.17) is 5.73 Å². The minimum atomic E-state index is 0.569. The summed E-state index contributed by atoms with van der Waals surface area (Å²) in [7, 11) is 0. The average Bonchev–Trinajstić information content (AvgIpc) is 2.34. The summed E-state index contributed by atoms with van der Waals surface area (Å²) in [6.45, 7) is 0. The highest BCUT2D eigenvalue weighted by Gasteiger charge is 2.45. The van der Waals surface area contributed by atoms with Gasteiger partial charge in [-0.1, -0.05) is 12.8 Å². The van der Waals surface area contributed by atoms with E-state index >= 15 is 0 Å². The Morgan fingerprint density at radius 3 is 2.00 bits per heavy atom. The van der Waals surface area contributed by atoms with Gasteiger partial charge in [0.2, 0.25) is 0 Å². The number of rotatable bonds is 0. The number of hydrogen-bond acceptors (Lipinski definition) is 1. The molecule has 0 saturated heterocycles. The Bertz CT molecular complexity index is 114. The van der Waals surface area contributed by atoms with Crippen LogP contribution in [-0.2, 0) is 0 Å². The highest BCUT2D eigenvalue weighted by Crippen LogP contribution is 2.52. The second-order valence-corrected chi connectivity index (χ2v) is 3.71. The highest BCUT2D eigenvalue weighted by molar-refractivity contribution is 5.00. The predicted octanol–water partition coefficient (Wildman–Crippen LogP) is 1.67. The van der Waals surface area contributed by atoms with E-state index in [-0.39, 0.29) is 0 Å². The van der Waals surface area contributed by atoms with Crippen molar-refractivity contribution < 1.29 is 0 Å². The molecule has 2 N–H and O–H groups in total. The summed E-state index contributed by atoms with van der Waals surface area (Å²) in [5.41, 5.74) is 6.57. The van der Waals surface area contributed by atoms with Gasteiger partial charge in [0.15, 0.2) is 0 Å². The third kappa shape index (κ3) is 0.644. The first-order chi connectivity index (χ1) is 4.33. The van der Waals surface area contributed by atoms with E-state index in [9.17, 15) is 0 Å². The average molecular weight is 125 g/mol. The lowest BCUT2D eigenvalue weighted by Crippen LogP contribution is -2.48. The van der Waals surface area contributed by atoms with Crippen molar-refractivity contribution in [1.82, 2.24) is 0 Å². The van der Waals surface area contributed by atoms with Crippen LogP contribution in [0.15, 0.2) is 0 Å². The van der Waals surface area contributed by atoms with Crippen LogP contribution in [0.25, 0.3) is 0 Å². The Hall–Kier alpha value is -0.0400. The van der Waals surface area contributed by atoms with Crippen molar-refractivity contribution in [3.05, 3.63) is 0 Å². The van der Waals surface area contributed by atoms with Crippen molar-refractivity contribution in [3.63, 3.8) is 0 Å². The highest BCUT2D eigenvalue weighted by atomic mass is 14.8. The molecule has 0 aromatic rings. The fourth-order valence-electron chi connectivity index (χ4n) is 2.42. The van der Waals surface area contributed by atoms with Gasteiger partial charge in [-0.15, -0.1) is 0 Å². The van der Waals surface area contributed by atoms with Crippen molar-refractivity contribution >= 4 is 0 Å². The molecule has 2 saturated carbocycles. The van der Waals surface area contributed by atoms with Crippen LogP contribution in [0.2, 0.25) is 0 Å². The fraction of sp³-hybridized carbons (Fsp3) is 1.00. The molecule has 0 aliphatic heterocycles. The molecule has 0 heterocycles. The van der Waals surface area contributed by atoms with Gasteiger partial charge in [0.05, 0.1) is 0 Å². The molecular weight excluding hydrogens is 110 g/mol. The molecule has 0 aromatic carbocycles. The Morgan fingerprint density at radius 2 is 1.78 bits per heavy atom. The van der Waals surface area contributed by atoms with E-state index in [1.54, 1.807) is 0 Å². The van der Waals surface area contributed by atoms with Gasteiger partial charge in [-0.3, -0.25) is 0 Å². The minimum Gasteiger partial charge on any atom is -0.327 e. The van der Waals surface area contributed by atoms with Crippen molar-refractivity contribution in [3.8, 4) is 0 Å². The zero-order chi connectivity index (χ0) is 6.32. The van der Waals surface area contributed by atoms with Gasteiger partial charge in [-0.25, -0.2) is 0 Å². The molecule has 0 amide bonds. The van der Waals surface area contributed by atoms with Crippen LogP contribution in [0.1, 0.15) is 38.5 Å². The van der Waals surface area contributed by atoms with Crippen molar-refractivity contribution in [2.45, 2.75) is 44.6 Å². The van der Waals surface area contributed by atoms with Crippen LogP contribution >= 0.6 is 0 Å². The van der Waals surface area contributed by atoms with Crippen LogP contribution < -0.4 is 5.73 Å². The summed E-state index contributed by atoms with van der Waals surface area (Å²) in [4.78, 5) is 0. The number of hydrogen-bond donors (Lipinski definition) is 1. The third-order valence-electron chi connectivity index (χ3n) is 3.34. The van der Waals surface area contributed by atoms with E-state index in [1.807, 2.05) is 0 Å². The van der Waals surface area contributed by atoms with Crippen molar-refractivity contribution in [2.24, 2.45) is 11.1 Å². The smallest absolute Gasteiger partial charge is 0.00957 e. The van der Waals surface area contributed by atoms with Crippen LogP contribution in [0.4, 0.5) is 0 Å². The van der Waals surface area contributed by atoms with E-state index < -0.39 is 0 Å². The summed E-state index contributed by atoms with van der Waals surface area (Å²) in [6.07, 6.45) is 8.44. The van der Waals surface area contributed by atoms with Gasteiger partial charge in [0.1, 0.15) is 0 Å². The summed E-state index contributed by atoms with van der Waals surface area (Å²) in [6, 6.07) is 0.569. The lowest BCUT2D eigenvalue weighted by molar-refractivity contribution is 0.102. The van der Waals surface area contributed by atoms with Crippen LogP contribution in [0.3, 0.4) is 0 Å². The topological polar surface area (TPSA) is 26.0 Å². The molecular formula is C8H15N. The Balaban J connectivity index is 2.06. The molecule has 1 atom stereocenters. The number of nitrogens with two attached hydrogens (primary N) is 1. The van der Waals surface area contributed by atoms with Gasteiger partial charge in [0, 0.05) is 6.04 Å². The lowest BCUT2D eigenvalue weighted by Gasteiger charge is -2.45. The molecule has 1 nitrogen and oxygen atoms in total. The summed E-state index contributed by atoms with van der Waals surface area (Å²) in [5, 5.41) is 0. The Labute approximate surface area is 56.6 Å². The minimum absolute atomic E-state index is 0.569. The molecule has 1 heteroatoms. The predicted molar refractivity (Wildman–Crippen MR) is 38.1 cm³/mol. The van der Waals surface area contributed by atoms with Crippen LogP contribution in [-0.4, -0.2) is 6.04 Å². The zero-order valence-corrected chi connectivity index (χ0v) is 5.90. The maximum Gasteiger partial charge on any atom is 0.00957 e. The van der Waals surface area contributed by atoms with E-state index in [0.29, 0.717) is 11.5 Å². The molecule has 2 rings (SSSR count). The first-order valence-corrected chi connectivity index (χ1v) is 4.09. The normalized spacial score (nSPS) is 39.0. The molecule has 9 heavy (non-hydrogen) atoms. The Kier molecular flexibility index (Phi) is 1.10. The van der Waals surface area contributed by atoms with E-state index in [2.05, 4.69) is 0 Å². The SMILES string of the molecule is N[C@H]1CCC12CCCC2. The maximum absolute atomic E-state index is 5.92. The monoisotopic (exact) mass is 125 g/mol. The Morgan fingerprint density at radius 1 is 1.11 bits per heavy atom. The van der Waals surface area contributed by atoms with Gasteiger partial charge in [-0.05, 0) is 31.1 Å². The quantitative estimate of drug-likeness (QED) is 0.523. The zero-order valence-electron chi connectivity index (χ0n) is 5.90. The molecule has 1 spiro atoms. The molecule has 0 bridgehead atoms. The molecule has 2 fully saturated rings. The lowest BCUT2D eigenvalue weighted by atomic mass is 9.64. The largest absolute Gasteiger partial charge is 0.327 e. The first kappa shape index (κ1) is 5.72. The first-order valence-electron chi connectivity index (χ1n) is 4.09. The van der Waals surface area contributed by atoms with Crippen LogP contribution in [0.5, 0.6) is 0 Å². The molecule has 52 valence electrons. The van der Waals surface area contributed by atoms with E-state index in [0.717, 1.165) is 0 Å². The second kappa shape index (κ2) is 1.72. The van der Waals surface area contributed by atoms with Crippen molar-refractivity contribution in [2.75, 3.05) is 0 Å². The summed E-state index contributed by atoms with van der Waals surface area (Å²) in [5.74, 6) is 0. The van der Waals surface area contributed by atoms with Gasteiger partial charge in [-0.2, -0.15) is 0 Å². The maximum atomic E-state index is 5.92. The molecule has 2 aliphatic carbocycles. The molecule has 0 unspecified atom stereocenters. The third-order valence-corrected chi connectivity index (χ3v) is 3.34. The van der Waals surface area contributed by atoms with E-state index in [1.165, 1.54) is 38.5 Å². The standard InChI is InChI=1S/C8H15N/c9-7-3-6-8(7)4-1-2-5-8/h7H,1-6,9H2/t7-/m0/s1. The van der Waals surface area contributed by atoms with Gasteiger partial charge >= 0.3 is 0 Å². The molecule has 0 radical (unpaired) electrons. The second-order valence-electron chi connectivity index (χ2n) is 3.71. The fourth-order valence-corrected chi connectivity index (χ4v) is 2.42. The summed E-state index contributed by atoms with van der Waals surface area (Å²) >= 11 is 0. The van der Waals surface area contributed by atoms with Gasteiger partial charge in [0.25, 0.3) is 0 Å². The molecule has 2 aliphatic rings. The van der Waals surface area contributed by atoms with Gasteiger partial charge < -0.3 is 5.73 Å². The summed E-state index contributed by atoms with van der Waals surface area (Å²) < 4.78 is 0. The van der Waals surface area contributed by atoms with Crippen molar-refractivity contribution in [1.29, 1.82) is 0 Å². The van der Waals surface area contributed by atoms with Crippen LogP contribution in [0, 0.1) is 5.41 Å².